The summed E-state index contributed by atoms with van der Waals surface area (Å²) in [5.74, 6) is -0.118. The van der Waals surface area contributed by atoms with Gasteiger partial charge in [-0.15, -0.1) is 0 Å². The SMILES string of the molecule is Cc1ccc(S(=O)(=O)NC(CC(C)C)C(=O)N(C)Cc2ccccn2)cc1. The largest absolute Gasteiger partial charge is 0.338 e. The maximum atomic E-state index is 12.9. The number of rotatable bonds is 8. The van der Waals surface area contributed by atoms with E-state index in [1.54, 1.807) is 37.5 Å². The van der Waals surface area contributed by atoms with Gasteiger partial charge in [0.1, 0.15) is 6.04 Å². The zero-order chi connectivity index (χ0) is 20.0. The van der Waals surface area contributed by atoms with Gasteiger partial charge in [0, 0.05) is 13.2 Å². The highest BCUT2D eigenvalue weighted by molar-refractivity contribution is 7.89. The van der Waals surface area contributed by atoms with Crippen LogP contribution in [0.1, 0.15) is 31.5 Å². The van der Waals surface area contributed by atoms with Crippen molar-refractivity contribution in [1.29, 1.82) is 0 Å². The number of sulfonamides is 1. The lowest BCUT2D eigenvalue weighted by Gasteiger charge is -2.25. The Morgan fingerprint density at radius 3 is 2.37 bits per heavy atom. The summed E-state index contributed by atoms with van der Waals surface area (Å²) in [7, 11) is -2.13. The minimum absolute atomic E-state index is 0.155. The van der Waals surface area contributed by atoms with E-state index in [1.807, 2.05) is 39.0 Å². The molecule has 0 bridgehead atoms. The molecule has 146 valence electrons. The number of aryl methyl sites for hydroxylation is 1. The predicted molar refractivity (Wildman–Crippen MR) is 105 cm³/mol. The molecule has 0 spiro atoms. The molecule has 6 nitrogen and oxygen atoms in total. The maximum Gasteiger partial charge on any atom is 0.241 e. The number of likely N-dealkylation sites (N-methyl/N-ethyl adjacent to an activating group) is 1. The van der Waals surface area contributed by atoms with Crippen molar-refractivity contribution < 1.29 is 13.2 Å². The average Bonchev–Trinajstić information content (AvgIpc) is 2.61. The fraction of sp³-hybridized carbons (Fsp3) is 0.400. The Morgan fingerprint density at radius 1 is 1.15 bits per heavy atom. The number of hydrogen-bond donors (Lipinski definition) is 1. The standard InChI is InChI=1S/C20H27N3O3S/c1-15(2)13-19(20(24)23(4)14-17-7-5-6-12-21-17)22-27(25,26)18-10-8-16(3)9-11-18/h5-12,15,19,22H,13-14H2,1-4H3. The Kier molecular flexibility index (Phi) is 7.10. The molecule has 0 saturated carbocycles. The number of nitrogens with zero attached hydrogens (tertiary/aromatic N) is 2. The molecule has 2 rings (SSSR count). The highest BCUT2D eigenvalue weighted by Gasteiger charge is 2.28. The van der Waals surface area contributed by atoms with Crippen molar-refractivity contribution in [2.75, 3.05) is 7.05 Å². The van der Waals surface area contributed by atoms with Crippen LogP contribution < -0.4 is 4.72 Å². The number of carbonyl (C=O) groups is 1. The van der Waals surface area contributed by atoms with Crippen LogP contribution >= 0.6 is 0 Å². The summed E-state index contributed by atoms with van der Waals surface area (Å²) in [6.07, 6.45) is 2.08. The second-order valence-corrected chi connectivity index (χ2v) is 8.85. The smallest absolute Gasteiger partial charge is 0.241 e. The van der Waals surface area contributed by atoms with Crippen LogP contribution in [0.2, 0.25) is 0 Å². The van der Waals surface area contributed by atoms with E-state index in [-0.39, 0.29) is 16.7 Å². The van der Waals surface area contributed by atoms with Crippen molar-refractivity contribution in [2.24, 2.45) is 5.92 Å². The van der Waals surface area contributed by atoms with Crippen LogP contribution in [0.4, 0.5) is 0 Å². The molecule has 0 aliphatic carbocycles. The number of nitrogens with one attached hydrogen (secondary N) is 1. The fourth-order valence-electron chi connectivity index (χ4n) is 2.72. The third-order valence-corrected chi connectivity index (χ3v) is 5.62. The lowest BCUT2D eigenvalue weighted by Crippen LogP contribution is -2.47. The molecule has 1 heterocycles. The van der Waals surface area contributed by atoms with Gasteiger partial charge in [0.05, 0.1) is 17.1 Å². The van der Waals surface area contributed by atoms with Crippen LogP contribution in [0.5, 0.6) is 0 Å². The van der Waals surface area contributed by atoms with Crippen LogP contribution in [-0.2, 0) is 21.4 Å². The number of pyridine rings is 1. The zero-order valence-corrected chi connectivity index (χ0v) is 17.0. The molecule has 0 fully saturated rings. The molecule has 1 N–H and O–H groups in total. The Hall–Kier alpha value is -2.25. The van der Waals surface area contributed by atoms with Gasteiger partial charge >= 0.3 is 0 Å². The quantitative estimate of drug-likeness (QED) is 0.753. The van der Waals surface area contributed by atoms with Crippen LogP contribution in [0.3, 0.4) is 0 Å². The van der Waals surface area contributed by atoms with Crippen LogP contribution in [-0.4, -0.2) is 37.3 Å². The Balaban J connectivity index is 2.18. The molecule has 7 heteroatoms. The van der Waals surface area contributed by atoms with Gasteiger partial charge in [-0.3, -0.25) is 9.78 Å². The van der Waals surface area contributed by atoms with Gasteiger partial charge in [0.15, 0.2) is 0 Å². The predicted octanol–water partition coefficient (Wildman–Crippen LogP) is 2.74. The van der Waals surface area contributed by atoms with Crippen LogP contribution in [0.25, 0.3) is 0 Å². The third kappa shape index (κ3) is 6.15. The van der Waals surface area contributed by atoms with Crippen molar-refractivity contribution in [2.45, 2.75) is 44.7 Å². The molecule has 27 heavy (non-hydrogen) atoms. The van der Waals surface area contributed by atoms with Crippen molar-refractivity contribution in [3.8, 4) is 0 Å². The van der Waals surface area contributed by atoms with Crippen molar-refractivity contribution in [1.82, 2.24) is 14.6 Å². The highest BCUT2D eigenvalue weighted by Crippen LogP contribution is 2.15. The molecule has 0 aliphatic rings. The summed E-state index contributed by atoms with van der Waals surface area (Å²) in [4.78, 5) is 18.8. The van der Waals surface area contributed by atoms with E-state index in [0.717, 1.165) is 11.3 Å². The fourth-order valence-corrected chi connectivity index (χ4v) is 3.92. The van der Waals surface area contributed by atoms with E-state index in [2.05, 4.69) is 9.71 Å². The van der Waals surface area contributed by atoms with Crippen molar-refractivity contribution in [3.05, 3.63) is 59.9 Å². The summed E-state index contributed by atoms with van der Waals surface area (Å²) in [6, 6.07) is 11.2. The van der Waals surface area contributed by atoms with E-state index in [9.17, 15) is 13.2 Å². The molecule has 0 aliphatic heterocycles. The molecule has 1 atom stereocenters. The lowest BCUT2D eigenvalue weighted by molar-refractivity contribution is -0.132. The summed E-state index contributed by atoms with van der Waals surface area (Å²) in [5, 5.41) is 0. The molecular weight excluding hydrogens is 362 g/mol. The van der Waals surface area contributed by atoms with E-state index >= 15 is 0 Å². The minimum atomic E-state index is -3.79. The van der Waals surface area contributed by atoms with Gasteiger partial charge in [-0.25, -0.2) is 8.42 Å². The van der Waals surface area contributed by atoms with Crippen molar-refractivity contribution in [3.63, 3.8) is 0 Å². The molecule has 1 unspecified atom stereocenters. The van der Waals surface area contributed by atoms with Crippen LogP contribution in [0, 0.1) is 12.8 Å². The normalized spacial score (nSPS) is 12.8. The molecule has 2 aromatic rings. The number of amides is 1. The monoisotopic (exact) mass is 389 g/mol. The van der Waals surface area contributed by atoms with E-state index in [1.165, 1.54) is 4.90 Å². The minimum Gasteiger partial charge on any atom is -0.338 e. The third-order valence-electron chi connectivity index (χ3n) is 4.14. The topological polar surface area (TPSA) is 79.4 Å². The van der Waals surface area contributed by atoms with E-state index in [4.69, 9.17) is 0 Å². The summed E-state index contributed by atoms with van der Waals surface area (Å²) in [6.45, 7) is 6.13. The average molecular weight is 390 g/mol. The molecule has 0 radical (unpaired) electrons. The lowest BCUT2D eigenvalue weighted by atomic mass is 10.0. The second kappa shape index (κ2) is 9.10. The number of benzene rings is 1. The van der Waals surface area contributed by atoms with Gasteiger partial charge in [0.2, 0.25) is 15.9 Å². The first kappa shape index (κ1) is 21.1. The first-order chi connectivity index (χ1) is 12.7. The first-order valence-electron chi connectivity index (χ1n) is 8.93. The van der Waals surface area contributed by atoms with Crippen LogP contribution in [0.15, 0.2) is 53.6 Å². The second-order valence-electron chi connectivity index (χ2n) is 7.13. The first-order valence-corrected chi connectivity index (χ1v) is 10.4. The van der Waals surface area contributed by atoms with Crippen molar-refractivity contribution >= 4 is 15.9 Å². The summed E-state index contributed by atoms with van der Waals surface area (Å²) >= 11 is 0. The molecule has 1 aromatic carbocycles. The van der Waals surface area contributed by atoms with Gasteiger partial charge in [-0.2, -0.15) is 4.72 Å². The molecular formula is C20H27N3O3S. The molecule has 0 saturated heterocycles. The summed E-state index contributed by atoms with van der Waals surface area (Å²) in [5.41, 5.74) is 1.72. The Morgan fingerprint density at radius 2 is 1.81 bits per heavy atom. The highest BCUT2D eigenvalue weighted by atomic mass is 32.2. The molecule has 1 amide bonds. The Bertz CT molecular complexity index is 850. The zero-order valence-electron chi connectivity index (χ0n) is 16.2. The molecule has 1 aromatic heterocycles. The van der Waals surface area contributed by atoms with Gasteiger partial charge in [-0.1, -0.05) is 37.6 Å². The number of hydrogen-bond acceptors (Lipinski definition) is 4. The van der Waals surface area contributed by atoms with Gasteiger partial charge in [0.25, 0.3) is 0 Å². The Labute approximate surface area is 161 Å². The van der Waals surface area contributed by atoms with Gasteiger partial charge in [-0.05, 0) is 43.5 Å². The maximum absolute atomic E-state index is 12.9. The van der Waals surface area contributed by atoms with E-state index < -0.39 is 16.1 Å². The van der Waals surface area contributed by atoms with E-state index in [0.29, 0.717) is 13.0 Å². The summed E-state index contributed by atoms with van der Waals surface area (Å²) < 4.78 is 28.0. The van der Waals surface area contributed by atoms with Gasteiger partial charge < -0.3 is 4.90 Å². The number of aromatic nitrogens is 1. The number of carbonyl (C=O) groups excluding carboxylic acids is 1.